The van der Waals surface area contributed by atoms with Crippen LogP contribution in [-0.2, 0) is 16.4 Å². The molecule has 32 heavy (non-hydrogen) atoms. The lowest BCUT2D eigenvalue weighted by molar-refractivity contribution is -0.384. The van der Waals surface area contributed by atoms with Crippen molar-refractivity contribution >= 4 is 48.1 Å². The zero-order valence-electron chi connectivity index (χ0n) is 16.7. The van der Waals surface area contributed by atoms with Crippen LogP contribution in [0.4, 0.5) is 10.8 Å². The van der Waals surface area contributed by atoms with Crippen molar-refractivity contribution in [2.45, 2.75) is 11.4 Å². The zero-order chi connectivity index (χ0) is 22.9. The number of carbonyl (C=O) groups is 1. The van der Waals surface area contributed by atoms with Gasteiger partial charge in [0.2, 0.25) is 0 Å². The third kappa shape index (κ3) is 4.34. The van der Waals surface area contributed by atoms with Crippen molar-refractivity contribution in [1.29, 1.82) is 0 Å². The van der Waals surface area contributed by atoms with Crippen LogP contribution >= 0.6 is 11.3 Å². The molecule has 4 rings (SSSR count). The first kappa shape index (κ1) is 21.5. The van der Waals surface area contributed by atoms with Crippen LogP contribution in [0.25, 0.3) is 10.2 Å². The normalized spacial score (nSPS) is 11.4. The van der Waals surface area contributed by atoms with Crippen LogP contribution in [0.1, 0.15) is 16.1 Å². The van der Waals surface area contributed by atoms with E-state index in [1.807, 2.05) is 0 Å². The number of anilines is 1. The van der Waals surface area contributed by atoms with E-state index in [0.717, 1.165) is 17.6 Å². The number of nitro groups is 1. The zero-order valence-corrected chi connectivity index (χ0v) is 18.3. The molecule has 0 fully saturated rings. The maximum Gasteiger partial charge on any atom is 0.270 e. The molecule has 0 aliphatic heterocycles. The molecule has 0 radical (unpaired) electrons. The maximum absolute atomic E-state index is 13.6. The number of benzene rings is 2. The minimum atomic E-state index is -3.66. The molecule has 0 atom stereocenters. The number of aromatic nitrogens is 2. The summed E-state index contributed by atoms with van der Waals surface area (Å²) in [7, 11) is -3.66. The molecule has 162 valence electrons. The molecule has 4 aromatic rings. The van der Waals surface area contributed by atoms with E-state index in [1.54, 1.807) is 36.5 Å². The number of hydrogen-bond donors (Lipinski definition) is 0. The number of fused-ring (bicyclic) bond motifs is 1. The molecule has 1 amide bonds. The number of non-ortho nitro benzene ring substituents is 1. The Morgan fingerprint density at radius 1 is 1.12 bits per heavy atom. The summed E-state index contributed by atoms with van der Waals surface area (Å²) in [6.45, 7) is 0.0414. The smallest absolute Gasteiger partial charge is 0.270 e. The van der Waals surface area contributed by atoms with Gasteiger partial charge < -0.3 is 0 Å². The minimum absolute atomic E-state index is 0.0103. The fraction of sp³-hybridized carbons (Fsp3) is 0.0952. The quantitative estimate of drug-likeness (QED) is 0.311. The highest BCUT2D eigenvalue weighted by molar-refractivity contribution is 7.90. The molecule has 0 N–H and O–H groups in total. The van der Waals surface area contributed by atoms with Gasteiger partial charge in [-0.05, 0) is 30.3 Å². The van der Waals surface area contributed by atoms with E-state index in [0.29, 0.717) is 15.9 Å². The molecule has 2 heterocycles. The third-order valence-electron chi connectivity index (χ3n) is 4.61. The standard InChI is InChI=1S/C21H16N4O5S2/c1-32(29,30)19-8-3-2-7-16(19)20(26)24(13-14-6-4-5-11-22-14)21-23-17-10-9-15(25(27)28)12-18(17)31-21/h2-12H,13H2,1H3. The van der Waals surface area contributed by atoms with Crippen LogP contribution < -0.4 is 4.90 Å². The second kappa shape index (κ2) is 8.44. The van der Waals surface area contributed by atoms with Crippen molar-refractivity contribution in [3.05, 3.63) is 88.2 Å². The summed E-state index contributed by atoms with van der Waals surface area (Å²) in [6, 6.07) is 15.5. The first-order valence-electron chi connectivity index (χ1n) is 9.30. The minimum Gasteiger partial charge on any atom is -0.278 e. The van der Waals surface area contributed by atoms with Crippen LogP contribution in [0, 0.1) is 10.1 Å². The number of thiazole rings is 1. The molecular weight excluding hydrogens is 452 g/mol. The van der Waals surface area contributed by atoms with Gasteiger partial charge in [0.1, 0.15) is 0 Å². The van der Waals surface area contributed by atoms with Gasteiger partial charge in [-0.15, -0.1) is 0 Å². The monoisotopic (exact) mass is 468 g/mol. The van der Waals surface area contributed by atoms with Gasteiger partial charge in [-0.2, -0.15) is 0 Å². The number of rotatable bonds is 6. The van der Waals surface area contributed by atoms with E-state index >= 15 is 0 Å². The molecule has 2 aromatic carbocycles. The molecule has 9 nitrogen and oxygen atoms in total. The Kier molecular flexibility index (Phi) is 5.68. The second-order valence-corrected chi connectivity index (χ2v) is 9.88. The van der Waals surface area contributed by atoms with Gasteiger partial charge in [0, 0.05) is 24.6 Å². The lowest BCUT2D eigenvalue weighted by atomic mass is 10.2. The molecular formula is C21H16N4O5S2. The summed E-state index contributed by atoms with van der Waals surface area (Å²) >= 11 is 1.10. The molecule has 0 aliphatic carbocycles. The largest absolute Gasteiger partial charge is 0.278 e. The van der Waals surface area contributed by atoms with Gasteiger partial charge >= 0.3 is 0 Å². The van der Waals surface area contributed by atoms with E-state index in [2.05, 4.69) is 9.97 Å². The average Bonchev–Trinajstić information content (AvgIpc) is 3.20. The van der Waals surface area contributed by atoms with Crippen molar-refractivity contribution in [3.8, 4) is 0 Å². The van der Waals surface area contributed by atoms with E-state index in [4.69, 9.17) is 0 Å². The number of sulfone groups is 1. The predicted molar refractivity (Wildman–Crippen MR) is 121 cm³/mol. The summed E-state index contributed by atoms with van der Waals surface area (Å²) in [5.41, 5.74) is 0.989. The second-order valence-electron chi connectivity index (χ2n) is 6.89. The maximum atomic E-state index is 13.6. The van der Waals surface area contributed by atoms with E-state index in [1.165, 1.54) is 35.2 Å². The highest BCUT2D eigenvalue weighted by atomic mass is 32.2. The van der Waals surface area contributed by atoms with Crippen LogP contribution in [0.2, 0.25) is 0 Å². The van der Waals surface area contributed by atoms with Gasteiger partial charge in [-0.1, -0.05) is 29.5 Å². The Hall–Kier alpha value is -3.70. The number of nitro benzene ring substituents is 1. The third-order valence-corrected chi connectivity index (χ3v) is 6.81. The van der Waals surface area contributed by atoms with Crippen LogP contribution in [0.15, 0.2) is 71.8 Å². The van der Waals surface area contributed by atoms with E-state index < -0.39 is 20.7 Å². The lowest BCUT2D eigenvalue weighted by Gasteiger charge is -2.20. The van der Waals surface area contributed by atoms with Gasteiger partial charge in [0.15, 0.2) is 15.0 Å². The van der Waals surface area contributed by atoms with Crippen LogP contribution in [0.5, 0.6) is 0 Å². The molecule has 0 aliphatic rings. The summed E-state index contributed by atoms with van der Waals surface area (Å²) in [5, 5.41) is 11.4. The SMILES string of the molecule is CS(=O)(=O)c1ccccc1C(=O)N(Cc1ccccn1)c1nc2ccc([N+](=O)[O-])cc2s1. The Bertz CT molecular complexity index is 1440. The number of hydrogen-bond acceptors (Lipinski definition) is 8. The molecule has 0 spiro atoms. The van der Waals surface area contributed by atoms with Crippen LogP contribution in [0.3, 0.4) is 0 Å². The van der Waals surface area contributed by atoms with Gasteiger partial charge in [-0.25, -0.2) is 13.4 Å². The summed E-state index contributed by atoms with van der Waals surface area (Å²) in [5.74, 6) is -0.565. The van der Waals surface area contributed by atoms with Crippen molar-refractivity contribution < 1.29 is 18.1 Å². The molecule has 0 unspecified atom stereocenters. The summed E-state index contributed by atoms with van der Waals surface area (Å²) in [4.78, 5) is 34.1. The predicted octanol–water partition coefficient (Wildman–Crippen LogP) is 3.85. The number of amides is 1. The van der Waals surface area contributed by atoms with Crippen LogP contribution in [-0.4, -0.2) is 35.5 Å². The molecule has 2 aromatic heterocycles. The number of pyridine rings is 1. The van der Waals surface area contributed by atoms with Gasteiger partial charge in [0.25, 0.3) is 11.6 Å². The van der Waals surface area contributed by atoms with Gasteiger partial charge in [-0.3, -0.25) is 24.8 Å². The van der Waals surface area contributed by atoms with Gasteiger partial charge in [0.05, 0.1) is 37.8 Å². The highest BCUT2D eigenvalue weighted by Crippen LogP contribution is 2.33. The first-order valence-corrected chi connectivity index (χ1v) is 12.0. The van der Waals surface area contributed by atoms with Crippen molar-refractivity contribution in [1.82, 2.24) is 9.97 Å². The molecule has 11 heteroatoms. The van der Waals surface area contributed by atoms with Crippen molar-refractivity contribution in [2.75, 3.05) is 11.2 Å². The number of nitrogens with zero attached hydrogens (tertiary/aromatic N) is 4. The Morgan fingerprint density at radius 2 is 1.88 bits per heavy atom. The molecule has 0 saturated carbocycles. The lowest BCUT2D eigenvalue weighted by Crippen LogP contribution is -2.31. The molecule has 0 bridgehead atoms. The Balaban J connectivity index is 1.84. The fourth-order valence-electron chi connectivity index (χ4n) is 3.12. The Morgan fingerprint density at radius 3 is 2.56 bits per heavy atom. The topological polar surface area (TPSA) is 123 Å². The summed E-state index contributed by atoms with van der Waals surface area (Å²) < 4.78 is 25.0. The highest BCUT2D eigenvalue weighted by Gasteiger charge is 2.27. The van der Waals surface area contributed by atoms with E-state index in [9.17, 15) is 23.3 Å². The fourth-order valence-corrected chi connectivity index (χ4v) is 5.00. The summed E-state index contributed by atoms with van der Waals surface area (Å²) in [6.07, 6.45) is 2.63. The van der Waals surface area contributed by atoms with Crippen molar-refractivity contribution in [2.24, 2.45) is 0 Å². The Labute approximate surface area is 187 Å². The number of carbonyl (C=O) groups excluding carboxylic acids is 1. The first-order chi connectivity index (χ1) is 15.2. The molecule has 0 saturated heterocycles. The van der Waals surface area contributed by atoms with E-state index in [-0.39, 0.29) is 27.8 Å². The van der Waals surface area contributed by atoms with Crippen molar-refractivity contribution in [3.63, 3.8) is 0 Å². The average molecular weight is 469 g/mol.